The van der Waals surface area contributed by atoms with Crippen LogP contribution in [0.25, 0.3) is 0 Å². The van der Waals surface area contributed by atoms with Gasteiger partial charge in [0, 0.05) is 37.2 Å². The van der Waals surface area contributed by atoms with Crippen LogP contribution in [0.3, 0.4) is 0 Å². The number of aromatic nitrogens is 3. The summed E-state index contributed by atoms with van der Waals surface area (Å²) < 4.78 is 5.99. The summed E-state index contributed by atoms with van der Waals surface area (Å²) in [7, 11) is 1.94. The van der Waals surface area contributed by atoms with Gasteiger partial charge < -0.3 is 20.1 Å². The summed E-state index contributed by atoms with van der Waals surface area (Å²) in [5.41, 5.74) is 4.24. The molecule has 3 rings (SSSR count). The minimum atomic E-state index is -0.175. The van der Waals surface area contributed by atoms with Crippen LogP contribution in [0.15, 0.2) is 28.3 Å². The molecule has 1 aliphatic rings. The number of anilines is 1. The van der Waals surface area contributed by atoms with Crippen molar-refractivity contribution in [2.45, 2.75) is 93.0 Å². The Morgan fingerprint density at radius 3 is 2.48 bits per heavy atom. The average Bonchev–Trinajstić information content (AvgIpc) is 3.51. The number of nitrogens with one attached hydrogen (secondary N) is 2. The number of likely N-dealkylation sites (N-methyl/N-ethyl adjacent to an activating group) is 1. The van der Waals surface area contributed by atoms with Crippen LogP contribution < -0.4 is 10.2 Å². The second kappa shape index (κ2) is 15.9. The Hall–Kier alpha value is -3.60. The number of aliphatic hydroxyl groups excluding tert-OH is 1. The largest absolute Gasteiger partial charge is 0.480 e. The highest BCUT2D eigenvalue weighted by Crippen LogP contribution is 2.28. The topological polar surface area (TPSA) is 141 Å². The lowest BCUT2D eigenvalue weighted by Crippen LogP contribution is -2.38. The van der Waals surface area contributed by atoms with Gasteiger partial charge in [-0.05, 0) is 76.6 Å². The zero-order valence-electron chi connectivity index (χ0n) is 28.0. The first kappa shape index (κ1) is 34.9. The number of rotatable bonds is 16. The molecule has 3 N–H and O–H groups in total. The molecular weight excluding hydrogens is 556 g/mol. The summed E-state index contributed by atoms with van der Waals surface area (Å²) in [5, 5.41) is 30.2. The highest BCUT2D eigenvalue weighted by atomic mass is 16.5. The number of nitrogens with zero attached hydrogens (tertiary/aromatic N) is 6. The number of amides is 1. The maximum Gasteiger partial charge on any atom is 0.223 e. The Kier molecular flexibility index (Phi) is 12.6. The highest BCUT2D eigenvalue weighted by molar-refractivity contribution is 6.48. The van der Waals surface area contributed by atoms with Crippen molar-refractivity contribution < 1.29 is 14.6 Å². The Balaban J connectivity index is 1.69. The highest BCUT2D eigenvalue weighted by Gasteiger charge is 2.29. The molecule has 0 aliphatic carbocycles. The molecule has 44 heavy (non-hydrogen) atoms. The predicted octanol–water partition coefficient (Wildman–Crippen LogP) is 5.46. The molecule has 1 aliphatic heterocycles. The molecule has 0 saturated carbocycles. The van der Waals surface area contributed by atoms with E-state index in [-0.39, 0.29) is 48.8 Å². The third-order valence-electron chi connectivity index (χ3n) is 8.24. The third kappa shape index (κ3) is 8.97. The molecule has 0 saturated heterocycles. The van der Waals surface area contributed by atoms with Gasteiger partial charge in [0.05, 0.1) is 30.5 Å². The van der Waals surface area contributed by atoms with Crippen molar-refractivity contribution >= 4 is 34.6 Å². The molecule has 2 heterocycles. The zero-order chi connectivity index (χ0) is 32.6. The molecule has 2 aromatic rings. The Morgan fingerprint density at radius 2 is 1.86 bits per heavy atom. The standard InChI is InChI=1S/C33H52N8O3/c1-10-21(5)16-26(33(43)35-20(3)4)18-25(11-2)30(34)44-19-23(7)31-37-32-29(24(8)38-41(32)39-31)36-28-13-12-27(17-22(28)6)40(9)14-15-42/h12-13,17,20-21,23,25-26,34,42H,10-11,14-16,18-19H2,1-9H3,(H,35,43). The lowest BCUT2D eigenvalue weighted by Gasteiger charge is -2.26. The molecule has 11 heteroatoms. The van der Waals surface area contributed by atoms with E-state index in [0.29, 0.717) is 36.2 Å². The average molecular weight is 609 g/mol. The number of hydrogen-bond donors (Lipinski definition) is 3. The van der Waals surface area contributed by atoms with Gasteiger partial charge in [-0.3, -0.25) is 10.2 Å². The number of hydrogen-bond acceptors (Lipinski definition) is 9. The molecule has 0 radical (unpaired) electrons. The maximum atomic E-state index is 13.0. The van der Waals surface area contributed by atoms with Gasteiger partial charge in [-0.25, -0.2) is 9.98 Å². The van der Waals surface area contributed by atoms with Crippen LogP contribution in [0.5, 0.6) is 0 Å². The van der Waals surface area contributed by atoms with E-state index >= 15 is 0 Å². The summed E-state index contributed by atoms with van der Waals surface area (Å²) in [6.45, 7) is 17.1. The molecular formula is C33H52N8O3. The van der Waals surface area contributed by atoms with Crippen LogP contribution in [0.4, 0.5) is 11.4 Å². The molecule has 11 nitrogen and oxygen atoms in total. The van der Waals surface area contributed by atoms with Crippen LogP contribution >= 0.6 is 0 Å². The summed E-state index contributed by atoms with van der Waals surface area (Å²) >= 11 is 0. The molecule has 1 amide bonds. The summed E-state index contributed by atoms with van der Waals surface area (Å²) in [6.07, 6.45) is 3.13. The minimum Gasteiger partial charge on any atom is -0.480 e. The first-order valence-electron chi connectivity index (χ1n) is 15.9. The van der Waals surface area contributed by atoms with Crippen molar-refractivity contribution in [1.82, 2.24) is 20.2 Å². The van der Waals surface area contributed by atoms with Crippen LogP contribution in [0, 0.1) is 30.1 Å². The lowest BCUT2D eigenvalue weighted by atomic mass is 9.84. The molecule has 0 spiro atoms. The lowest BCUT2D eigenvalue weighted by molar-refractivity contribution is -0.126. The van der Waals surface area contributed by atoms with Crippen molar-refractivity contribution in [3.05, 3.63) is 35.4 Å². The number of carbonyl (C=O) groups is 1. The van der Waals surface area contributed by atoms with E-state index in [1.165, 1.54) is 4.79 Å². The maximum absolute atomic E-state index is 13.0. The first-order chi connectivity index (χ1) is 20.9. The fraction of sp³-hybridized carbons (Fsp3) is 0.636. The van der Waals surface area contributed by atoms with Crippen LogP contribution in [-0.4, -0.2) is 76.1 Å². The van der Waals surface area contributed by atoms with Gasteiger partial charge in [0.25, 0.3) is 0 Å². The predicted molar refractivity (Wildman–Crippen MR) is 178 cm³/mol. The normalized spacial score (nSPS) is 16.3. The number of aliphatic imine (C=N–C) groups is 1. The van der Waals surface area contributed by atoms with Gasteiger partial charge in [0.15, 0.2) is 11.7 Å². The van der Waals surface area contributed by atoms with Gasteiger partial charge in [-0.15, -0.1) is 9.89 Å². The Bertz CT molecular complexity index is 1350. The number of fused-ring (bicyclic) bond motifs is 1. The van der Waals surface area contributed by atoms with Crippen molar-refractivity contribution in [2.24, 2.45) is 27.8 Å². The van der Waals surface area contributed by atoms with E-state index in [1.54, 1.807) is 0 Å². The third-order valence-corrected chi connectivity index (χ3v) is 8.24. The van der Waals surface area contributed by atoms with E-state index < -0.39 is 0 Å². The monoisotopic (exact) mass is 608 g/mol. The molecule has 1 aromatic carbocycles. The number of aryl methyl sites for hydroxylation is 1. The minimum absolute atomic E-state index is 0.0603. The SMILES string of the molecule is CCC(C)CC(CC(CC)C(=N)OCC(C)c1nc2n(n1)N=C(C)C2=Nc1ccc(N(C)CCO)cc1C)C(=O)NC(C)C. The molecule has 4 atom stereocenters. The second-order valence-electron chi connectivity index (χ2n) is 12.5. The van der Waals surface area contributed by atoms with Crippen LogP contribution in [0.1, 0.15) is 97.3 Å². The number of benzene rings is 1. The number of aliphatic hydroxyl groups is 1. The van der Waals surface area contributed by atoms with Gasteiger partial charge >= 0.3 is 0 Å². The van der Waals surface area contributed by atoms with Crippen molar-refractivity contribution in [3.8, 4) is 0 Å². The molecule has 242 valence electrons. The first-order valence-corrected chi connectivity index (χ1v) is 15.9. The van der Waals surface area contributed by atoms with Gasteiger partial charge in [0.1, 0.15) is 5.71 Å². The molecule has 0 fully saturated rings. The van der Waals surface area contributed by atoms with E-state index in [1.807, 2.05) is 71.7 Å². The molecule has 1 aromatic heterocycles. The fourth-order valence-electron chi connectivity index (χ4n) is 5.21. The second-order valence-corrected chi connectivity index (χ2v) is 12.5. The van der Waals surface area contributed by atoms with E-state index in [0.717, 1.165) is 41.9 Å². The molecule has 0 bridgehead atoms. The Morgan fingerprint density at radius 1 is 1.14 bits per heavy atom. The number of ether oxygens (including phenoxy) is 1. The van der Waals surface area contributed by atoms with E-state index in [2.05, 4.69) is 29.4 Å². The van der Waals surface area contributed by atoms with Crippen molar-refractivity contribution in [3.63, 3.8) is 0 Å². The van der Waals surface area contributed by atoms with Crippen LogP contribution in [-0.2, 0) is 9.53 Å². The zero-order valence-corrected chi connectivity index (χ0v) is 28.0. The smallest absolute Gasteiger partial charge is 0.223 e. The summed E-state index contributed by atoms with van der Waals surface area (Å²) in [4.78, 5) is 26.2. The van der Waals surface area contributed by atoms with E-state index in [4.69, 9.17) is 20.1 Å². The fourth-order valence-corrected chi connectivity index (χ4v) is 5.21. The van der Waals surface area contributed by atoms with Gasteiger partial charge in [-0.2, -0.15) is 5.10 Å². The van der Waals surface area contributed by atoms with Crippen LogP contribution in [0.2, 0.25) is 0 Å². The number of carbonyl (C=O) groups excluding carboxylic acids is 1. The molecule has 4 unspecified atom stereocenters. The summed E-state index contributed by atoms with van der Waals surface area (Å²) in [6, 6.07) is 6.08. The quantitative estimate of drug-likeness (QED) is 0.171. The van der Waals surface area contributed by atoms with Gasteiger partial charge in [-0.1, -0.05) is 34.1 Å². The van der Waals surface area contributed by atoms with E-state index in [9.17, 15) is 9.90 Å². The summed E-state index contributed by atoms with van der Waals surface area (Å²) in [5.74, 6) is 1.38. The van der Waals surface area contributed by atoms with Crippen molar-refractivity contribution in [1.29, 1.82) is 5.41 Å². The van der Waals surface area contributed by atoms with Crippen molar-refractivity contribution in [2.75, 3.05) is 31.7 Å². The Labute approximate surface area is 262 Å². The van der Waals surface area contributed by atoms with Gasteiger partial charge in [0.2, 0.25) is 11.7 Å².